The van der Waals surface area contributed by atoms with Crippen molar-refractivity contribution in [2.24, 2.45) is 0 Å². The van der Waals surface area contributed by atoms with Gasteiger partial charge in [0.05, 0.1) is 12.6 Å². The lowest BCUT2D eigenvalue weighted by Crippen LogP contribution is -2.34. The molecular weight excluding hydrogens is 454 g/mol. The zero-order valence-corrected chi connectivity index (χ0v) is 20.8. The summed E-state index contributed by atoms with van der Waals surface area (Å²) in [6, 6.07) is 20.2. The van der Waals surface area contributed by atoms with Crippen molar-refractivity contribution in [2.75, 3.05) is 7.11 Å². The molecule has 0 aliphatic heterocycles. The first-order chi connectivity index (χ1) is 15.9. The first-order valence-corrected chi connectivity index (χ1v) is 12.0. The normalized spacial score (nSPS) is 12.8. The summed E-state index contributed by atoms with van der Waals surface area (Å²) in [5.74, 6) is 1.65. The van der Waals surface area contributed by atoms with E-state index in [1.54, 1.807) is 18.4 Å². The molecule has 2 heterocycles. The third-order valence-electron chi connectivity index (χ3n) is 5.43. The summed E-state index contributed by atoms with van der Waals surface area (Å²) in [5.41, 5.74) is 1.97. The highest BCUT2D eigenvalue weighted by atomic mass is 35.5. The maximum atomic E-state index is 6.58. The summed E-state index contributed by atoms with van der Waals surface area (Å²) in [6.07, 6.45) is 0. The molecule has 1 unspecified atom stereocenters. The van der Waals surface area contributed by atoms with E-state index >= 15 is 0 Å². The average molecular weight is 482 g/mol. The van der Waals surface area contributed by atoms with Gasteiger partial charge in [-0.3, -0.25) is 4.90 Å². The summed E-state index contributed by atoms with van der Waals surface area (Å²) in [7, 11) is 1.68. The Labute approximate surface area is 203 Å². The van der Waals surface area contributed by atoms with Gasteiger partial charge in [0.15, 0.2) is 5.82 Å². The number of nitrogens with zero attached hydrogens (tertiary/aromatic N) is 5. The number of aromatic nitrogens is 4. The van der Waals surface area contributed by atoms with E-state index in [1.165, 1.54) is 10.4 Å². The van der Waals surface area contributed by atoms with Gasteiger partial charge in [0.25, 0.3) is 0 Å². The molecule has 0 amide bonds. The maximum Gasteiger partial charge on any atom is 0.174 e. The summed E-state index contributed by atoms with van der Waals surface area (Å²) >= 11 is 8.29. The van der Waals surface area contributed by atoms with Crippen molar-refractivity contribution in [3.05, 3.63) is 92.9 Å². The molecule has 4 rings (SSSR count). The zero-order chi connectivity index (χ0) is 23.4. The van der Waals surface area contributed by atoms with Crippen molar-refractivity contribution in [2.45, 2.75) is 45.4 Å². The molecule has 0 radical (unpaired) electrons. The molecule has 0 fully saturated rings. The smallest absolute Gasteiger partial charge is 0.174 e. The Bertz CT molecular complexity index is 1170. The topological polar surface area (TPSA) is 56.1 Å². The first-order valence-electron chi connectivity index (χ1n) is 10.8. The Morgan fingerprint density at radius 1 is 1.03 bits per heavy atom. The number of tetrazole rings is 1. The van der Waals surface area contributed by atoms with Crippen molar-refractivity contribution in [1.82, 2.24) is 25.1 Å². The predicted molar refractivity (Wildman–Crippen MR) is 133 cm³/mol. The second-order valence-electron chi connectivity index (χ2n) is 8.88. The lowest BCUT2D eigenvalue weighted by molar-refractivity contribution is 0.188. The van der Waals surface area contributed by atoms with Crippen molar-refractivity contribution in [3.8, 4) is 5.75 Å². The summed E-state index contributed by atoms with van der Waals surface area (Å²) in [6.45, 7) is 7.67. The fourth-order valence-electron chi connectivity index (χ4n) is 3.81. The molecule has 2 aromatic carbocycles. The van der Waals surface area contributed by atoms with Gasteiger partial charge < -0.3 is 4.74 Å². The Hall–Kier alpha value is -2.74. The molecule has 0 bridgehead atoms. The van der Waals surface area contributed by atoms with Gasteiger partial charge in [0.2, 0.25) is 0 Å². The van der Waals surface area contributed by atoms with Crippen LogP contribution in [0.15, 0.2) is 66.0 Å². The van der Waals surface area contributed by atoms with Crippen LogP contribution in [0.4, 0.5) is 0 Å². The third kappa shape index (κ3) is 5.43. The van der Waals surface area contributed by atoms with Gasteiger partial charge >= 0.3 is 0 Å². The van der Waals surface area contributed by atoms with Crippen molar-refractivity contribution < 1.29 is 4.74 Å². The van der Waals surface area contributed by atoms with E-state index in [2.05, 4.69) is 76.9 Å². The van der Waals surface area contributed by atoms with Crippen LogP contribution >= 0.6 is 22.9 Å². The summed E-state index contributed by atoms with van der Waals surface area (Å²) in [4.78, 5) is 3.55. The minimum Gasteiger partial charge on any atom is -0.497 e. The van der Waals surface area contributed by atoms with Gasteiger partial charge in [-0.15, -0.1) is 16.4 Å². The molecule has 2 aromatic heterocycles. The van der Waals surface area contributed by atoms with E-state index in [0.717, 1.165) is 22.2 Å². The largest absolute Gasteiger partial charge is 0.497 e. The van der Waals surface area contributed by atoms with Crippen LogP contribution in [0.25, 0.3) is 0 Å². The molecule has 172 valence electrons. The van der Waals surface area contributed by atoms with Gasteiger partial charge in [0, 0.05) is 23.0 Å². The number of hydrogen-bond donors (Lipinski definition) is 0. The van der Waals surface area contributed by atoms with Crippen LogP contribution in [0.3, 0.4) is 0 Å². The molecule has 0 spiro atoms. The van der Waals surface area contributed by atoms with E-state index < -0.39 is 0 Å². The first kappa shape index (κ1) is 23.4. The number of methoxy groups -OCH3 is 1. The van der Waals surface area contributed by atoms with Crippen LogP contribution in [0.1, 0.15) is 48.6 Å². The van der Waals surface area contributed by atoms with E-state index in [1.807, 2.05) is 35.0 Å². The van der Waals surface area contributed by atoms with Crippen LogP contribution in [0.2, 0.25) is 5.02 Å². The maximum absolute atomic E-state index is 6.58. The quantitative estimate of drug-likeness (QED) is 0.311. The standard InChI is InChI=1S/C25H28ClN5OS/c1-25(2,3)31-24(27-28-29-31)23(22-10-7-15-33-22)30(17-19-8-5-6-9-21(19)26)16-18-11-13-20(32-4)14-12-18/h5-15,23H,16-17H2,1-4H3. The van der Waals surface area contributed by atoms with Crippen LogP contribution in [0, 0.1) is 0 Å². The van der Waals surface area contributed by atoms with Crippen molar-refractivity contribution in [3.63, 3.8) is 0 Å². The number of halogens is 1. The number of ether oxygens (including phenoxy) is 1. The van der Waals surface area contributed by atoms with E-state index in [9.17, 15) is 0 Å². The van der Waals surface area contributed by atoms with Gasteiger partial charge in [-0.25, -0.2) is 4.68 Å². The summed E-state index contributed by atoms with van der Waals surface area (Å²) in [5, 5.41) is 15.7. The van der Waals surface area contributed by atoms with E-state index in [-0.39, 0.29) is 11.6 Å². The molecule has 1 atom stereocenters. The Morgan fingerprint density at radius 2 is 1.79 bits per heavy atom. The number of benzene rings is 2. The molecule has 0 saturated heterocycles. The molecule has 4 aromatic rings. The Morgan fingerprint density at radius 3 is 2.42 bits per heavy atom. The second-order valence-corrected chi connectivity index (χ2v) is 10.3. The van der Waals surface area contributed by atoms with Gasteiger partial charge in [0.1, 0.15) is 11.8 Å². The number of hydrogen-bond acceptors (Lipinski definition) is 6. The Balaban J connectivity index is 1.80. The highest BCUT2D eigenvalue weighted by Gasteiger charge is 2.32. The fourth-order valence-corrected chi connectivity index (χ4v) is 4.86. The SMILES string of the molecule is COc1ccc(CN(Cc2ccccc2Cl)C(c2cccs2)c2nnnn2C(C)(C)C)cc1. The molecule has 0 aliphatic rings. The monoisotopic (exact) mass is 481 g/mol. The van der Waals surface area contributed by atoms with Gasteiger partial charge in [-0.1, -0.05) is 48.0 Å². The molecule has 33 heavy (non-hydrogen) atoms. The highest BCUT2D eigenvalue weighted by Crippen LogP contribution is 2.35. The van der Waals surface area contributed by atoms with Crippen LogP contribution in [-0.2, 0) is 18.6 Å². The molecule has 0 saturated carbocycles. The molecule has 8 heteroatoms. The van der Waals surface area contributed by atoms with Crippen LogP contribution < -0.4 is 4.74 Å². The minimum atomic E-state index is -0.259. The van der Waals surface area contributed by atoms with Crippen LogP contribution in [-0.4, -0.2) is 32.2 Å². The van der Waals surface area contributed by atoms with Gasteiger partial charge in [-0.2, -0.15) is 0 Å². The average Bonchev–Trinajstić information content (AvgIpc) is 3.49. The summed E-state index contributed by atoms with van der Waals surface area (Å²) < 4.78 is 7.27. The van der Waals surface area contributed by atoms with Crippen molar-refractivity contribution in [1.29, 1.82) is 0 Å². The third-order valence-corrected chi connectivity index (χ3v) is 6.72. The highest BCUT2D eigenvalue weighted by molar-refractivity contribution is 7.10. The lowest BCUT2D eigenvalue weighted by atomic mass is 10.1. The molecular formula is C25H28ClN5OS. The minimum absolute atomic E-state index is 0.141. The predicted octanol–water partition coefficient (Wildman–Crippen LogP) is 5.94. The molecule has 0 aliphatic carbocycles. The van der Waals surface area contributed by atoms with E-state index in [0.29, 0.717) is 13.1 Å². The Kier molecular flexibility index (Phi) is 7.12. The van der Waals surface area contributed by atoms with E-state index in [4.69, 9.17) is 16.3 Å². The zero-order valence-electron chi connectivity index (χ0n) is 19.3. The lowest BCUT2D eigenvalue weighted by Gasteiger charge is -2.32. The van der Waals surface area contributed by atoms with Crippen LogP contribution in [0.5, 0.6) is 5.75 Å². The van der Waals surface area contributed by atoms with Crippen molar-refractivity contribution >= 4 is 22.9 Å². The molecule has 0 N–H and O–H groups in total. The second kappa shape index (κ2) is 10.0. The van der Waals surface area contributed by atoms with Gasteiger partial charge in [-0.05, 0) is 72.0 Å². The molecule has 6 nitrogen and oxygen atoms in total. The number of rotatable bonds is 8. The number of thiophene rings is 1. The fraction of sp³-hybridized carbons (Fsp3) is 0.320.